The van der Waals surface area contributed by atoms with E-state index in [1.807, 2.05) is 4.90 Å². The van der Waals surface area contributed by atoms with Crippen LogP contribution in [0.2, 0.25) is 0 Å². The molecule has 13 heteroatoms. The fraction of sp³-hybridized carbons (Fsp3) is 0.276. The minimum Gasteiger partial charge on any atom is -0.314 e. The van der Waals surface area contributed by atoms with E-state index < -0.39 is 17.6 Å². The van der Waals surface area contributed by atoms with Crippen molar-refractivity contribution in [1.82, 2.24) is 29.8 Å². The Hall–Kier alpha value is -4.80. The van der Waals surface area contributed by atoms with Crippen LogP contribution in [0.5, 0.6) is 0 Å². The summed E-state index contributed by atoms with van der Waals surface area (Å²) in [5.74, 6) is 5.58. The SMILES string of the molecule is CC(=O)N(C)c1ccc2ncc(C#Cc3ccnc(NC(=O)c4ccc(CN5CCNCC5)c(C(F)(F)F)c4)c3)n2n1. The third-order valence-electron chi connectivity index (χ3n) is 6.78. The Kier molecular flexibility index (Phi) is 8.19. The fourth-order valence-electron chi connectivity index (χ4n) is 4.42. The average molecular weight is 577 g/mol. The predicted molar refractivity (Wildman–Crippen MR) is 150 cm³/mol. The highest BCUT2D eigenvalue weighted by atomic mass is 19.4. The quantitative estimate of drug-likeness (QED) is 0.352. The minimum absolute atomic E-state index is 0.123. The lowest BCUT2D eigenvalue weighted by Crippen LogP contribution is -2.43. The first-order chi connectivity index (χ1) is 20.1. The molecule has 4 heterocycles. The summed E-state index contributed by atoms with van der Waals surface area (Å²) in [6, 6.07) is 10.2. The molecule has 0 saturated carbocycles. The first-order valence-corrected chi connectivity index (χ1v) is 13.1. The third kappa shape index (κ3) is 6.56. The number of hydrogen-bond donors (Lipinski definition) is 2. The standard InChI is InChI=1S/C29H27F3N8O2/c1-19(41)38(2)27-8-7-26-35-17-23(40(26)37-27)6-3-20-9-10-34-25(15-20)36-28(42)21-4-5-22(24(16-21)29(30,31)32)18-39-13-11-33-12-14-39/h4-5,7-10,15-17,33H,11-14,18H2,1-2H3,(H,34,36,42). The van der Waals surface area contributed by atoms with Crippen molar-refractivity contribution in [3.63, 3.8) is 0 Å². The summed E-state index contributed by atoms with van der Waals surface area (Å²) >= 11 is 0. The van der Waals surface area contributed by atoms with Crippen LogP contribution in [0.1, 0.15) is 39.7 Å². The van der Waals surface area contributed by atoms with Gasteiger partial charge in [0.25, 0.3) is 5.91 Å². The number of fused-ring (bicyclic) bond motifs is 1. The average Bonchev–Trinajstić information content (AvgIpc) is 3.38. The zero-order chi connectivity index (χ0) is 29.9. The van der Waals surface area contributed by atoms with Crippen LogP contribution < -0.4 is 15.5 Å². The first kappa shape index (κ1) is 28.7. The lowest BCUT2D eigenvalue weighted by atomic mass is 10.0. The number of carbonyl (C=O) groups excluding carboxylic acids is 2. The molecule has 2 N–H and O–H groups in total. The number of hydrogen-bond acceptors (Lipinski definition) is 7. The molecule has 5 rings (SSSR count). The molecule has 1 aromatic carbocycles. The maximum Gasteiger partial charge on any atom is 0.416 e. The van der Waals surface area contributed by atoms with Crippen molar-refractivity contribution in [1.29, 1.82) is 0 Å². The van der Waals surface area contributed by atoms with E-state index in [2.05, 4.69) is 37.5 Å². The maximum atomic E-state index is 13.9. The van der Waals surface area contributed by atoms with Crippen molar-refractivity contribution in [2.24, 2.45) is 0 Å². The Labute approximate surface area is 239 Å². The van der Waals surface area contributed by atoms with Crippen molar-refractivity contribution < 1.29 is 22.8 Å². The number of pyridine rings is 1. The van der Waals surface area contributed by atoms with E-state index >= 15 is 0 Å². The molecule has 1 aliphatic rings. The van der Waals surface area contributed by atoms with Gasteiger partial charge in [-0.25, -0.2) is 14.5 Å². The van der Waals surface area contributed by atoms with Gasteiger partial charge in [-0.05, 0) is 47.9 Å². The molecular weight excluding hydrogens is 549 g/mol. The molecule has 0 atom stereocenters. The number of aromatic nitrogens is 4. The van der Waals surface area contributed by atoms with Crippen molar-refractivity contribution in [2.45, 2.75) is 19.6 Å². The van der Waals surface area contributed by atoms with Gasteiger partial charge in [0.1, 0.15) is 11.5 Å². The van der Waals surface area contributed by atoms with E-state index in [4.69, 9.17) is 0 Å². The molecular formula is C29H27F3N8O2. The molecule has 4 aromatic rings. The number of alkyl halides is 3. The predicted octanol–water partition coefficient (Wildman–Crippen LogP) is 3.18. The second-order valence-corrected chi connectivity index (χ2v) is 9.71. The Morgan fingerprint density at radius 2 is 1.86 bits per heavy atom. The number of imidazole rings is 1. The summed E-state index contributed by atoms with van der Waals surface area (Å²) in [5, 5.41) is 10.2. The molecule has 42 heavy (non-hydrogen) atoms. The van der Waals surface area contributed by atoms with Crippen LogP contribution in [-0.2, 0) is 17.5 Å². The van der Waals surface area contributed by atoms with Gasteiger partial charge in [0, 0.05) is 64.0 Å². The second-order valence-electron chi connectivity index (χ2n) is 9.71. The molecule has 2 amide bonds. The van der Waals surface area contributed by atoms with Crippen molar-refractivity contribution in [3.05, 3.63) is 82.8 Å². The van der Waals surface area contributed by atoms with Gasteiger partial charge >= 0.3 is 6.18 Å². The number of nitrogens with zero attached hydrogens (tertiary/aromatic N) is 6. The Morgan fingerprint density at radius 1 is 1.07 bits per heavy atom. The van der Waals surface area contributed by atoms with Gasteiger partial charge in [0.05, 0.1) is 11.8 Å². The summed E-state index contributed by atoms with van der Waals surface area (Å²) in [7, 11) is 1.61. The normalized spacial score (nSPS) is 13.8. The van der Waals surface area contributed by atoms with Gasteiger partial charge in [-0.15, -0.1) is 5.10 Å². The zero-order valence-electron chi connectivity index (χ0n) is 22.9. The van der Waals surface area contributed by atoms with Crippen molar-refractivity contribution >= 4 is 29.1 Å². The van der Waals surface area contributed by atoms with Crippen LogP contribution in [0.25, 0.3) is 5.65 Å². The van der Waals surface area contributed by atoms with Crippen LogP contribution >= 0.6 is 0 Å². The van der Waals surface area contributed by atoms with Gasteiger partial charge in [0.2, 0.25) is 5.91 Å². The van der Waals surface area contributed by atoms with Gasteiger partial charge < -0.3 is 10.6 Å². The van der Waals surface area contributed by atoms with E-state index in [9.17, 15) is 22.8 Å². The summed E-state index contributed by atoms with van der Waals surface area (Å²) in [5.41, 5.74) is 0.660. The van der Waals surface area contributed by atoms with Gasteiger partial charge in [-0.2, -0.15) is 13.2 Å². The summed E-state index contributed by atoms with van der Waals surface area (Å²) in [6.07, 6.45) is -1.63. The third-order valence-corrected chi connectivity index (χ3v) is 6.78. The highest BCUT2D eigenvalue weighted by molar-refractivity contribution is 6.04. The number of nitrogens with one attached hydrogen (secondary N) is 2. The number of amides is 2. The largest absolute Gasteiger partial charge is 0.416 e. The smallest absolute Gasteiger partial charge is 0.314 e. The molecule has 216 valence electrons. The van der Waals surface area contributed by atoms with Crippen LogP contribution in [-0.4, -0.2) is 69.5 Å². The van der Waals surface area contributed by atoms with Gasteiger partial charge in [0.15, 0.2) is 11.5 Å². The van der Waals surface area contributed by atoms with E-state index in [1.54, 1.807) is 31.4 Å². The topological polar surface area (TPSA) is 108 Å². The summed E-state index contributed by atoms with van der Waals surface area (Å²) in [6.45, 7) is 4.31. The molecule has 10 nitrogen and oxygen atoms in total. The number of piperazine rings is 1. The van der Waals surface area contributed by atoms with Crippen LogP contribution in [0, 0.1) is 11.8 Å². The maximum absolute atomic E-state index is 13.9. The van der Waals surface area contributed by atoms with E-state index in [-0.39, 0.29) is 29.4 Å². The van der Waals surface area contributed by atoms with Crippen molar-refractivity contribution in [2.75, 3.05) is 43.4 Å². The monoisotopic (exact) mass is 576 g/mol. The molecule has 1 saturated heterocycles. The lowest BCUT2D eigenvalue weighted by Gasteiger charge is -2.28. The molecule has 0 bridgehead atoms. The Bertz CT molecular complexity index is 1700. The van der Waals surface area contributed by atoms with E-state index in [0.29, 0.717) is 48.9 Å². The first-order valence-electron chi connectivity index (χ1n) is 13.1. The Balaban J connectivity index is 1.34. The molecule has 0 aliphatic carbocycles. The zero-order valence-corrected chi connectivity index (χ0v) is 22.9. The number of halogens is 3. The summed E-state index contributed by atoms with van der Waals surface area (Å²) in [4.78, 5) is 36.3. The minimum atomic E-state index is -4.61. The summed E-state index contributed by atoms with van der Waals surface area (Å²) < 4.78 is 43.2. The van der Waals surface area contributed by atoms with Crippen LogP contribution in [0.15, 0.2) is 54.9 Å². The highest BCUT2D eigenvalue weighted by Gasteiger charge is 2.34. The molecule has 0 spiro atoms. The van der Waals surface area contributed by atoms with Crippen LogP contribution in [0.4, 0.5) is 24.8 Å². The number of carbonyl (C=O) groups is 2. The molecule has 0 radical (unpaired) electrons. The number of rotatable bonds is 5. The Morgan fingerprint density at radius 3 is 2.60 bits per heavy atom. The number of benzene rings is 1. The van der Waals surface area contributed by atoms with Crippen molar-refractivity contribution in [3.8, 4) is 11.8 Å². The highest BCUT2D eigenvalue weighted by Crippen LogP contribution is 2.33. The second kappa shape index (κ2) is 12.0. The molecule has 1 fully saturated rings. The number of anilines is 2. The molecule has 3 aromatic heterocycles. The molecule has 0 unspecified atom stereocenters. The van der Waals surface area contributed by atoms with E-state index in [0.717, 1.165) is 6.07 Å². The fourth-order valence-corrected chi connectivity index (χ4v) is 4.42. The lowest BCUT2D eigenvalue weighted by molar-refractivity contribution is -0.138. The molecule has 1 aliphatic heterocycles. The van der Waals surface area contributed by atoms with E-state index in [1.165, 1.54) is 40.7 Å². The van der Waals surface area contributed by atoms with Crippen LogP contribution in [0.3, 0.4) is 0 Å². The van der Waals surface area contributed by atoms with Gasteiger partial charge in [-0.1, -0.05) is 12.0 Å². The van der Waals surface area contributed by atoms with Gasteiger partial charge in [-0.3, -0.25) is 19.4 Å².